The molecule has 10 nitrogen and oxygen atoms in total. The molecule has 10 heteroatoms. The van der Waals surface area contributed by atoms with Crippen LogP contribution in [0.1, 0.15) is 43.7 Å². The molecule has 40 heavy (non-hydrogen) atoms. The van der Waals surface area contributed by atoms with Gasteiger partial charge in [0.05, 0.1) is 25.4 Å². The molecule has 5 rings (SSSR count). The molecule has 0 radical (unpaired) electrons. The molecule has 2 amide bonds. The molecular weight excluding hydrogens is 510 g/mol. The first-order valence-corrected chi connectivity index (χ1v) is 13.4. The molecule has 1 aliphatic carbocycles. The number of amides is 2. The topological polar surface area (TPSA) is 119 Å². The SMILES string of the molecule is COc1cc(OC)cc(N(C(=O)Cn2nnc3ccccc32)[C@H](C(=O)NC2CCCCC2)c2ccc(O)cc2)c1. The Morgan fingerprint density at radius 2 is 1.68 bits per heavy atom. The van der Waals surface area contributed by atoms with Gasteiger partial charge < -0.3 is 19.9 Å². The van der Waals surface area contributed by atoms with Crippen molar-refractivity contribution in [2.45, 2.75) is 50.7 Å². The van der Waals surface area contributed by atoms with Crippen molar-refractivity contribution in [1.29, 1.82) is 0 Å². The molecule has 1 saturated carbocycles. The van der Waals surface area contributed by atoms with Crippen molar-refractivity contribution in [1.82, 2.24) is 20.3 Å². The van der Waals surface area contributed by atoms with Gasteiger partial charge >= 0.3 is 0 Å². The molecule has 1 aromatic heterocycles. The Labute approximate surface area is 232 Å². The zero-order valence-electron chi connectivity index (χ0n) is 22.6. The fourth-order valence-electron chi connectivity index (χ4n) is 5.21. The Morgan fingerprint density at radius 3 is 2.35 bits per heavy atom. The molecule has 1 heterocycles. The van der Waals surface area contributed by atoms with Crippen molar-refractivity contribution >= 4 is 28.5 Å². The van der Waals surface area contributed by atoms with Crippen LogP contribution in [0.15, 0.2) is 66.7 Å². The number of rotatable bonds is 9. The van der Waals surface area contributed by atoms with Gasteiger partial charge in [-0.05, 0) is 42.7 Å². The fraction of sp³-hybridized carbons (Fsp3) is 0.333. The number of aromatic hydroxyl groups is 1. The van der Waals surface area contributed by atoms with E-state index in [-0.39, 0.29) is 30.2 Å². The number of methoxy groups -OCH3 is 2. The van der Waals surface area contributed by atoms with Gasteiger partial charge in [0.1, 0.15) is 35.4 Å². The summed E-state index contributed by atoms with van der Waals surface area (Å²) in [4.78, 5) is 29.8. The summed E-state index contributed by atoms with van der Waals surface area (Å²) in [6, 6.07) is 17.8. The number of benzene rings is 3. The average molecular weight is 544 g/mol. The highest BCUT2D eigenvalue weighted by molar-refractivity contribution is 6.02. The van der Waals surface area contributed by atoms with Gasteiger partial charge in [0.15, 0.2) is 0 Å². The quantitative estimate of drug-likeness (QED) is 0.322. The van der Waals surface area contributed by atoms with Gasteiger partial charge in [0, 0.05) is 24.2 Å². The zero-order chi connectivity index (χ0) is 28.1. The Morgan fingerprint density at radius 1 is 1.00 bits per heavy atom. The van der Waals surface area contributed by atoms with E-state index in [0.29, 0.717) is 33.8 Å². The van der Waals surface area contributed by atoms with E-state index in [2.05, 4.69) is 15.6 Å². The van der Waals surface area contributed by atoms with Gasteiger partial charge in [-0.15, -0.1) is 5.10 Å². The van der Waals surface area contributed by atoms with E-state index in [4.69, 9.17) is 9.47 Å². The maximum absolute atomic E-state index is 14.3. The Hall–Kier alpha value is -4.60. The summed E-state index contributed by atoms with van der Waals surface area (Å²) in [5.74, 6) is 0.301. The summed E-state index contributed by atoms with van der Waals surface area (Å²) < 4.78 is 12.5. The summed E-state index contributed by atoms with van der Waals surface area (Å²) in [5, 5.41) is 21.5. The van der Waals surface area contributed by atoms with Crippen LogP contribution in [0.25, 0.3) is 11.0 Å². The largest absolute Gasteiger partial charge is 0.508 e. The predicted octanol–water partition coefficient (Wildman–Crippen LogP) is 4.38. The highest BCUT2D eigenvalue weighted by Gasteiger charge is 2.35. The van der Waals surface area contributed by atoms with Gasteiger partial charge in [0.25, 0.3) is 0 Å². The first-order chi connectivity index (χ1) is 19.5. The number of nitrogens with one attached hydrogen (secondary N) is 1. The number of phenols is 1. The van der Waals surface area contributed by atoms with Crippen molar-refractivity contribution in [3.05, 3.63) is 72.3 Å². The summed E-state index contributed by atoms with van der Waals surface area (Å²) >= 11 is 0. The Kier molecular flexibility index (Phi) is 8.14. The van der Waals surface area contributed by atoms with Crippen LogP contribution in [-0.4, -0.2) is 52.2 Å². The highest BCUT2D eigenvalue weighted by atomic mass is 16.5. The molecule has 0 unspecified atom stereocenters. The van der Waals surface area contributed by atoms with Crippen LogP contribution in [0.5, 0.6) is 17.2 Å². The van der Waals surface area contributed by atoms with Gasteiger partial charge in [0.2, 0.25) is 11.8 Å². The summed E-state index contributed by atoms with van der Waals surface area (Å²) in [6.45, 7) is -0.161. The minimum Gasteiger partial charge on any atom is -0.508 e. The number of carbonyl (C=O) groups excluding carboxylic acids is 2. The normalized spacial score (nSPS) is 14.4. The van der Waals surface area contributed by atoms with Crippen LogP contribution in [0.4, 0.5) is 5.69 Å². The number of phenolic OH excluding ortho intramolecular Hbond substituents is 1. The van der Waals surface area contributed by atoms with Crippen LogP contribution < -0.4 is 19.7 Å². The molecule has 4 aromatic rings. The number of aromatic nitrogens is 3. The van der Waals surface area contributed by atoms with Crippen LogP contribution in [0, 0.1) is 0 Å². The average Bonchev–Trinajstić information content (AvgIpc) is 3.39. The van der Waals surface area contributed by atoms with Crippen molar-refractivity contribution in [2.24, 2.45) is 0 Å². The molecular formula is C30H33N5O5. The monoisotopic (exact) mass is 543 g/mol. The maximum atomic E-state index is 14.3. The first-order valence-electron chi connectivity index (χ1n) is 13.4. The van der Waals surface area contributed by atoms with E-state index in [1.54, 1.807) is 30.3 Å². The lowest BCUT2D eigenvalue weighted by atomic mass is 9.94. The van der Waals surface area contributed by atoms with Crippen molar-refractivity contribution in [2.75, 3.05) is 19.1 Å². The van der Waals surface area contributed by atoms with E-state index in [0.717, 1.165) is 32.1 Å². The van der Waals surface area contributed by atoms with Crippen molar-refractivity contribution < 1.29 is 24.2 Å². The molecule has 1 aliphatic rings. The number of hydrogen-bond donors (Lipinski definition) is 2. The lowest BCUT2D eigenvalue weighted by Crippen LogP contribution is -2.48. The van der Waals surface area contributed by atoms with Crippen LogP contribution in [-0.2, 0) is 16.1 Å². The standard InChI is InChI=1S/C30H33N5O5/c1-39-24-16-22(17-25(18-24)40-2)35(28(37)19-34-27-11-7-6-10-26(27)32-33-34)29(20-12-14-23(36)15-13-20)30(38)31-21-8-4-3-5-9-21/h6-7,10-18,21,29,36H,3-5,8-9,19H2,1-2H3,(H,31,38)/t29-/m0/s1. The second-order valence-corrected chi connectivity index (χ2v) is 9.91. The third kappa shape index (κ3) is 5.85. The van der Waals surface area contributed by atoms with E-state index in [9.17, 15) is 14.7 Å². The van der Waals surface area contributed by atoms with Gasteiger partial charge in [-0.3, -0.25) is 14.5 Å². The Bertz CT molecular complexity index is 1460. The number of carbonyl (C=O) groups is 2. The van der Waals surface area contributed by atoms with Gasteiger partial charge in [-0.25, -0.2) is 4.68 Å². The summed E-state index contributed by atoms with van der Waals surface area (Å²) in [5.41, 5.74) is 2.33. The molecule has 208 valence electrons. The molecule has 0 bridgehead atoms. The van der Waals surface area contributed by atoms with Gasteiger partial charge in [-0.2, -0.15) is 0 Å². The molecule has 0 aliphatic heterocycles. The van der Waals surface area contributed by atoms with E-state index in [1.807, 2.05) is 24.3 Å². The van der Waals surface area contributed by atoms with Crippen LogP contribution in [0.2, 0.25) is 0 Å². The molecule has 0 saturated heterocycles. The first kappa shape index (κ1) is 27.0. The third-order valence-electron chi connectivity index (χ3n) is 7.26. The lowest BCUT2D eigenvalue weighted by Gasteiger charge is -2.33. The molecule has 1 fully saturated rings. The number of hydrogen-bond acceptors (Lipinski definition) is 7. The van der Waals surface area contributed by atoms with Gasteiger partial charge in [-0.1, -0.05) is 48.7 Å². The van der Waals surface area contributed by atoms with Crippen LogP contribution in [0.3, 0.4) is 0 Å². The number of ether oxygens (including phenoxy) is 2. The van der Waals surface area contributed by atoms with E-state index in [1.165, 1.54) is 35.9 Å². The predicted molar refractivity (Wildman–Crippen MR) is 150 cm³/mol. The second-order valence-electron chi connectivity index (χ2n) is 9.91. The minimum absolute atomic E-state index is 0.0249. The highest BCUT2D eigenvalue weighted by Crippen LogP contribution is 2.35. The molecule has 0 spiro atoms. The number of para-hydroxylation sites is 1. The molecule has 3 aromatic carbocycles. The number of anilines is 1. The Balaban J connectivity index is 1.61. The molecule has 1 atom stereocenters. The maximum Gasteiger partial charge on any atom is 0.249 e. The van der Waals surface area contributed by atoms with Crippen molar-refractivity contribution in [3.8, 4) is 17.2 Å². The summed E-state index contributed by atoms with van der Waals surface area (Å²) in [7, 11) is 3.05. The number of fused-ring (bicyclic) bond motifs is 1. The fourth-order valence-corrected chi connectivity index (χ4v) is 5.21. The second kappa shape index (κ2) is 12.1. The van der Waals surface area contributed by atoms with Crippen molar-refractivity contribution in [3.63, 3.8) is 0 Å². The summed E-state index contributed by atoms with van der Waals surface area (Å²) in [6.07, 6.45) is 5.02. The van der Waals surface area contributed by atoms with E-state index < -0.39 is 6.04 Å². The third-order valence-corrected chi connectivity index (χ3v) is 7.26. The minimum atomic E-state index is -1.04. The molecule has 2 N–H and O–H groups in total. The zero-order valence-corrected chi connectivity index (χ0v) is 22.6. The number of nitrogens with zero attached hydrogens (tertiary/aromatic N) is 4. The van der Waals surface area contributed by atoms with E-state index >= 15 is 0 Å². The van der Waals surface area contributed by atoms with Crippen LogP contribution >= 0.6 is 0 Å². The lowest BCUT2D eigenvalue weighted by molar-refractivity contribution is -0.127. The smallest absolute Gasteiger partial charge is 0.249 e.